The van der Waals surface area contributed by atoms with E-state index in [0.717, 1.165) is 17.3 Å². The van der Waals surface area contributed by atoms with Crippen molar-refractivity contribution in [1.29, 1.82) is 0 Å². The second kappa shape index (κ2) is 8.29. The van der Waals surface area contributed by atoms with Crippen LogP contribution in [0, 0.1) is 0 Å². The molecular weight excluding hydrogens is 280 g/mol. The molecule has 0 atom stereocenters. The lowest BCUT2D eigenvalue weighted by Crippen LogP contribution is -2.06. The molecule has 0 saturated carbocycles. The molecular formula is C14H19BrO2. The van der Waals surface area contributed by atoms with E-state index in [-0.39, 0.29) is 5.97 Å². The first-order valence-electron chi connectivity index (χ1n) is 6.16. The Morgan fingerprint density at radius 3 is 2.41 bits per heavy atom. The van der Waals surface area contributed by atoms with E-state index in [0.29, 0.717) is 12.2 Å². The molecule has 0 aliphatic rings. The van der Waals surface area contributed by atoms with Crippen molar-refractivity contribution in [2.45, 2.75) is 39.0 Å². The van der Waals surface area contributed by atoms with E-state index in [2.05, 4.69) is 22.9 Å². The second-order valence-electron chi connectivity index (χ2n) is 4.06. The number of rotatable bonds is 7. The van der Waals surface area contributed by atoms with Crippen LogP contribution in [-0.4, -0.2) is 12.6 Å². The lowest BCUT2D eigenvalue weighted by molar-refractivity contribution is 0.0497. The first kappa shape index (κ1) is 14.2. The monoisotopic (exact) mass is 298 g/mol. The van der Waals surface area contributed by atoms with Crippen LogP contribution < -0.4 is 0 Å². The molecule has 1 aromatic carbocycles. The van der Waals surface area contributed by atoms with Crippen molar-refractivity contribution < 1.29 is 9.53 Å². The molecule has 2 nitrogen and oxygen atoms in total. The van der Waals surface area contributed by atoms with Crippen LogP contribution >= 0.6 is 15.9 Å². The summed E-state index contributed by atoms with van der Waals surface area (Å²) in [4.78, 5) is 11.6. The van der Waals surface area contributed by atoms with Gasteiger partial charge >= 0.3 is 5.97 Å². The lowest BCUT2D eigenvalue weighted by atomic mass is 10.2. The minimum Gasteiger partial charge on any atom is -0.462 e. The highest BCUT2D eigenvalue weighted by molar-refractivity contribution is 9.10. The summed E-state index contributed by atoms with van der Waals surface area (Å²) in [6, 6.07) is 7.22. The Kier molecular flexibility index (Phi) is 6.94. The summed E-state index contributed by atoms with van der Waals surface area (Å²) in [7, 11) is 0. The standard InChI is InChI=1S/C14H19BrO2/c1-2-3-4-5-6-11-17-14(16)12-7-9-13(15)10-8-12/h7-10H,2-6,11H2,1H3. The van der Waals surface area contributed by atoms with Gasteiger partial charge in [0.2, 0.25) is 0 Å². The molecule has 0 heterocycles. The Balaban J connectivity index is 2.19. The van der Waals surface area contributed by atoms with E-state index in [9.17, 15) is 4.79 Å². The van der Waals surface area contributed by atoms with Gasteiger partial charge in [-0.25, -0.2) is 4.79 Å². The van der Waals surface area contributed by atoms with Crippen molar-refractivity contribution in [2.75, 3.05) is 6.61 Å². The highest BCUT2D eigenvalue weighted by Crippen LogP contribution is 2.11. The second-order valence-corrected chi connectivity index (χ2v) is 4.97. The first-order valence-corrected chi connectivity index (χ1v) is 6.96. The first-order chi connectivity index (χ1) is 8.24. The number of carbonyl (C=O) groups excluding carboxylic acids is 1. The van der Waals surface area contributed by atoms with Crippen LogP contribution in [0.1, 0.15) is 49.4 Å². The number of unbranched alkanes of at least 4 members (excludes halogenated alkanes) is 4. The third kappa shape index (κ3) is 5.87. The van der Waals surface area contributed by atoms with Gasteiger partial charge in [0.25, 0.3) is 0 Å². The summed E-state index contributed by atoms with van der Waals surface area (Å²) in [5, 5.41) is 0. The van der Waals surface area contributed by atoms with Crippen LogP contribution in [0.3, 0.4) is 0 Å². The molecule has 0 bridgehead atoms. The molecule has 0 saturated heterocycles. The molecule has 0 aliphatic heterocycles. The van der Waals surface area contributed by atoms with Gasteiger partial charge in [0.05, 0.1) is 12.2 Å². The molecule has 94 valence electrons. The van der Waals surface area contributed by atoms with E-state index in [1.54, 1.807) is 12.1 Å². The summed E-state index contributed by atoms with van der Waals surface area (Å²) >= 11 is 3.33. The molecule has 0 N–H and O–H groups in total. The molecule has 0 amide bonds. The molecule has 0 radical (unpaired) electrons. The predicted molar refractivity (Wildman–Crippen MR) is 73.2 cm³/mol. The maximum atomic E-state index is 11.6. The average Bonchev–Trinajstić information content (AvgIpc) is 2.34. The van der Waals surface area contributed by atoms with E-state index in [1.165, 1.54) is 19.3 Å². The van der Waals surface area contributed by atoms with E-state index < -0.39 is 0 Å². The largest absolute Gasteiger partial charge is 0.462 e. The summed E-state index contributed by atoms with van der Waals surface area (Å²) in [6.45, 7) is 2.71. The fraction of sp³-hybridized carbons (Fsp3) is 0.500. The highest BCUT2D eigenvalue weighted by atomic mass is 79.9. The zero-order valence-corrected chi connectivity index (χ0v) is 11.8. The highest BCUT2D eigenvalue weighted by Gasteiger charge is 2.05. The molecule has 3 heteroatoms. The lowest BCUT2D eigenvalue weighted by Gasteiger charge is -2.04. The van der Waals surface area contributed by atoms with E-state index in [4.69, 9.17) is 4.74 Å². The van der Waals surface area contributed by atoms with Crippen LogP contribution in [0.15, 0.2) is 28.7 Å². The topological polar surface area (TPSA) is 26.3 Å². The van der Waals surface area contributed by atoms with Gasteiger partial charge in [0.15, 0.2) is 0 Å². The Morgan fingerprint density at radius 1 is 1.12 bits per heavy atom. The molecule has 0 unspecified atom stereocenters. The Bertz CT molecular complexity index is 333. The number of hydrogen-bond acceptors (Lipinski definition) is 2. The third-order valence-corrected chi connectivity index (χ3v) is 3.09. The molecule has 0 aliphatic carbocycles. The molecule has 1 aromatic rings. The molecule has 0 spiro atoms. The van der Waals surface area contributed by atoms with Crippen molar-refractivity contribution in [3.8, 4) is 0 Å². The van der Waals surface area contributed by atoms with Crippen molar-refractivity contribution in [2.24, 2.45) is 0 Å². The number of hydrogen-bond donors (Lipinski definition) is 0. The molecule has 0 aromatic heterocycles. The maximum Gasteiger partial charge on any atom is 0.338 e. The van der Waals surface area contributed by atoms with E-state index in [1.807, 2.05) is 12.1 Å². The van der Waals surface area contributed by atoms with Crippen molar-refractivity contribution >= 4 is 21.9 Å². The third-order valence-electron chi connectivity index (χ3n) is 2.56. The van der Waals surface area contributed by atoms with E-state index >= 15 is 0 Å². The number of carbonyl (C=O) groups is 1. The summed E-state index contributed by atoms with van der Waals surface area (Å²) < 4.78 is 6.16. The van der Waals surface area contributed by atoms with Gasteiger partial charge in [-0.3, -0.25) is 0 Å². The summed E-state index contributed by atoms with van der Waals surface area (Å²) in [5.41, 5.74) is 0.613. The smallest absolute Gasteiger partial charge is 0.338 e. The predicted octanol–water partition coefficient (Wildman–Crippen LogP) is 4.58. The zero-order valence-electron chi connectivity index (χ0n) is 10.2. The van der Waals surface area contributed by atoms with Gasteiger partial charge in [0.1, 0.15) is 0 Å². The van der Waals surface area contributed by atoms with Gasteiger partial charge in [-0.15, -0.1) is 0 Å². The SMILES string of the molecule is CCCCCCCOC(=O)c1ccc(Br)cc1. The fourth-order valence-corrected chi connectivity index (χ4v) is 1.80. The van der Waals surface area contributed by atoms with Crippen molar-refractivity contribution in [1.82, 2.24) is 0 Å². The van der Waals surface area contributed by atoms with Gasteiger partial charge in [-0.05, 0) is 30.7 Å². The van der Waals surface area contributed by atoms with Gasteiger partial charge in [0, 0.05) is 4.47 Å². The van der Waals surface area contributed by atoms with Gasteiger partial charge < -0.3 is 4.74 Å². The molecule has 1 rings (SSSR count). The van der Waals surface area contributed by atoms with Crippen LogP contribution in [0.4, 0.5) is 0 Å². The Labute approximate surface area is 111 Å². The van der Waals surface area contributed by atoms with Crippen LogP contribution in [0.5, 0.6) is 0 Å². The number of halogens is 1. The Morgan fingerprint density at radius 2 is 1.76 bits per heavy atom. The Hall–Kier alpha value is -0.830. The normalized spacial score (nSPS) is 10.2. The average molecular weight is 299 g/mol. The molecule has 17 heavy (non-hydrogen) atoms. The van der Waals surface area contributed by atoms with Crippen LogP contribution in [0.25, 0.3) is 0 Å². The minimum atomic E-state index is -0.229. The summed E-state index contributed by atoms with van der Waals surface area (Å²) in [5.74, 6) is -0.229. The van der Waals surface area contributed by atoms with Crippen molar-refractivity contribution in [3.05, 3.63) is 34.3 Å². The zero-order chi connectivity index (χ0) is 12.5. The van der Waals surface area contributed by atoms with Gasteiger partial charge in [-0.2, -0.15) is 0 Å². The quantitative estimate of drug-likeness (QED) is 0.544. The number of ether oxygens (including phenoxy) is 1. The maximum absolute atomic E-state index is 11.6. The number of esters is 1. The summed E-state index contributed by atoms with van der Waals surface area (Å²) in [6.07, 6.45) is 5.83. The van der Waals surface area contributed by atoms with Crippen LogP contribution in [0.2, 0.25) is 0 Å². The van der Waals surface area contributed by atoms with Crippen LogP contribution in [-0.2, 0) is 4.74 Å². The van der Waals surface area contributed by atoms with Gasteiger partial charge in [-0.1, -0.05) is 48.5 Å². The fourth-order valence-electron chi connectivity index (χ4n) is 1.54. The minimum absolute atomic E-state index is 0.229. The number of benzene rings is 1. The van der Waals surface area contributed by atoms with Crippen molar-refractivity contribution in [3.63, 3.8) is 0 Å². The molecule has 0 fully saturated rings.